The summed E-state index contributed by atoms with van der Waals surface area (Å²) in [7, 11) is -1.35. The maximum atomic E-state index is 13.7. The number of rotatable bonds is 9. The Hall–Kier alpha value is -2.84. The molecule has 0 saturated carbocycles. The first-order chi connectivity index (χ1) is 17.1. The average molecular weight is 437 g/mol. The second-order valence-corrected chi connectivity index (χ2v) is 8.30. The highest BCUT2D eigenvalue weighted by Gasteiger charge is 2.27. The molecule has 0 unspecified atom stereocenters. The lowest BCUT2D eigenvalue weighted by atomic mass is 10.2. The van der Waals surface area contributed by atoms with Gasteiger partial charge < -0.3 is 9.47 Å². The standard InChI is InChI=1S/C22H27N3O4S/c1-17(2)25-14-13-22(23-25)30(26,27)24(15-18-5-9-20(28-3)10-6-18)16-19-7-11-21(29-4)12-8-19/h5-14,17H,15-16H2,1-4H3/i1D3,2D3,17D. The molecule has 0 radical (unpaired) electrons. The number of ether oxygens (including phenoxy) is 2. The fraction of sp³-hybridized carbons (Fsp3) is 0.318. The topological polar surface area (TPSA) is 73.7 Å². The summed E-state index contributed by atoms with van der Waals surface area (Å²) < 4.78 is 93.3. The number of hydrogen-bond acceptors (Lipinski definition) is 5. The van der Waals surface area contributed by atoms with Gasteiger partial charge in [0.25, 0.3) is 10.0 Å². The summed E-state index contributed by atoms with van der Waals surface area (Å²) >= 11 is 0. The smallest absolute Gasteiger partial charge is 0.262 e. The molecule has 8 heteroatoms. The van der Waals surface area contributed by atoms with E-state index in [0.29, 0.717) is 27.3 Å². The predicted molar refractivity (Wildman–Crippen MR) is 115 cm³/mol. The summed E-state index contributed by atoms with van der Waals surface area (Å²) in [5, 5.41) is 3.20. The normalized spacial score (nSPS) is 16.4. The van der Waals surface area contributed by atoms with Gasteiger partial charge >= 0.3 is 0 Å². The molecular weight excluding hydrogens is 402 g/mol. The van der Waals surface area contributed by atoms with Gasteiger partial charge in [0.15, 0.2) is 5.03 Å². The maximum absolute atomic E-state index is 13.7. The molecule has 0 N–H and O–H groups in total. The van der Waals surface area contributed by atoms with E-state index in [1.807, 2.05) is 0 Å². The van der Waals surface area contributed by atoms with Gasteiger partial charge in [0, 0.05) is 33.5 Å². The summed E-state index contributed by atoms with van der Waals surface area (Å²) in [6.07, 6.45) is 0.886. The first-order valence-electron chi connectivity index (χ1n) is 12.5. The van der Waals surface area contributed by atoms with E-state index >= 15 is 0 Å². The minimum atomic E-state index is -4.37. The molecule has 0 aliphatic rings. The number of benzene rings is 2. The van der Waals surface area contributed by atoms with Crippen LogP contribution in [0.4, 0.5) is 0 Å². The van der Waals surface area contributed by atoms with Crippen LogP contribution in [0.5, 0.6) is 11.5 Å². The molecule has 1 heterocycles. The Morgan fingerprint density at radius 2 is 1.47 bits per heavy atom. The molecule has 7 nitrogen and oxygen atoms in total. The largest absolute Gasteiger partial charge is 0.497 e. The molecule has 160 valence electrons. The SMILES string of the molecule is [2H]C([2H])([2H])C([2H])(n1ccc(S(=O)(=O)N(Cc2ccc(OC)cc2)Cc2ccc(OC)cc2)n1)C([2H])([2H])[2H]. The Balaban J connectivity index is 2.04. The summed E-state index contributed by atoms with van der Waals surface area (Å²) in [4.78, 5) is 0. The molecule has 0 aliphatic heterocycles. The van der Waals surface area contributed by atoms with Crippen molar-refractivity contribution in [1.29, 1.82) is 0 Å². The molecule has 3 aromatic rings. The molecule has 0 aliphatic carbocycles. The van der Waals surface area contributed by atoms with Crippen molar-refractivity contribution in [3.05, 3.63) is 71.9 Å². The van der Waals surface area contributed by atoms with Gasteiger partial charge in [-0.1, -0.05) is 24.3 Å². The summed E-state index contributed by atoms with van der Waals surface area (Å²) in [5.41, 5.74) is 1.27. The summed E-state index contributed by atoms with van der Waals surface area (Å²) in [6.45, 7) is -6.79. The number of methoxy groups -OCH3 is 2. The minimum Gasteiger partial charge on any atom is -0.497 e. The first kappa shape index (κ1) is 14.2. The number of hydrogen-bond donors (Lipinski definition) is 0. The molecule has 3 rings (SSSR count). The zero-order chi connectivity index (χ0) is 27.6. The van der Waals surface area contributed by atoms with E-state index in [-0.39, 0.29) is 13.1 Å². The molecule has 30 heavy (non-hydrogen) atoms. The van der Waals surface area contributed by atoms with Gasteiger partial charge in [-0.25, -0.2) is 8.42 Å². The monoisotopic (exact) mass is 436 g/mol. The van der Waals surface area contributed by atoms with Crippen molar-refractivity contribution in [2.45, 2.75) is 37.8 Å². The van der Waals surface area contributed by atoms with Crippen LogP contribution >= 0.6 is 0 Å². The van der Waals surface area contributed by atoms with Crippen LogP contribution in [0, 0.1) is 0 Å². The van der Waals surface area contributed by atoms with Crippen LogP contribution < -0.4 is 9.47 Å². The minimum absolute atomic E-state index is 0.0736. The van der Waals surface area contributed by atoms with Gasteiger partial charge in [0.05, 0.1) is 15.6 Å². The second-order valence-electron chi connectivity index (χ2n) is 6.42. The van der Waals surface area contributed by atoms with Gasteiger partial charge in [-0.05, 0) is 55.2 Å². The highest BCUT2D eigenvalue weighted by molar-refractivity contribution is 7.89. The molecule has 0 bridgehead atoms. The van der Waals surface area contributed by atoms with Crippen LogP contribution in [0.15, 0.2) is 65.8 Å². The van der Waals surface area contributed by atoms with Gasteiger partial charge in [-0.15, -0.1) is 0 Å². The van der Waals surface area contributed by atoms with E-state index in [1.54, 1.807) is 48.5 Å². The van der Waals surface area contributed by atoms with E-state index < -0.39 is 34.8 Å². The van der Waals surface area contributed by atoms with Crippen molar-refractivity contribution >= 4 is 10.0 Å². The third-order valence-electron chi connectivity index (χ3n) is 4.43. The van der Waals surface area contributed by atoms with E-state index in [0.717, 1.165) is 16.6 Å². The van der Waals surface area contributed by atoms with Crippen LogP contribution in [0.3, 0.4) is 0 Å². The van der Waals surface area contributed by atoms with Gasteiger partial charge in [-0.3, -0.25) is 4.68 Å². The van der Waals surface area contributed by atoms with Crippen molar-refractivity contribution in [3.63, 3.8) is 0 Å². The van der Waals surface area contributed by atoms with Crippen molar-refractivity contribution in [1.82, 2.24) is 14.1 Å². The number of sulfonamides is 1. The average Bonchev–Trinajstić information content (AvgIpc) is 3.34. The van der Waals surface area contributed by atoms with Crippen molar-refractivity contribution in [2.24, 2.45) is 0 Å². The Morgan fingerprint density at radius 1 is 0.967 bits per heavy atom. The fourth-order valence-corrected chi connectivity index (χ4v) is 4.12. The quantitative estimate of drug-likeness (QED) is 0.509. The summed E-state index contributed by atoms with van der Waals surface area (Å²) in [5.74, 6) is 1.18. The molecule has 0 atom stereocenters. The third-order valence-corrected chi connectivity index (χ3v) is 6.12. The van der Waals surface area contributed by atoms with E-state index in [9.17, 15) is 8.42 Å². The fourth-order valence-electron chi connectivity index (χ4n) is 2.80. The maximum Gasteiger partial charge on any atom is 0.262 e. The second kappa shape index (κ2) is 9.32. The van der Waals surface area contributed by atoms with Crippen LogP contribution in [0.25, 0.3) is 0 Å². The van der Waals surface area contributed by atoms with Crippen LogP contribution in [0.1, 0.15) is 40.4 Å². The molecule has 0 fully saturated rings. The third kappa shape index (κ3) is 5.01. The molecular formula is C22H27N3O4S. The first-order valence-corrected chi connectivity index (χ1v) is 10.4. The molecule has 0 spiro atoms. The molecule has 0 amide bonds. The van der Waals surface area contributed by atoms with Crippen LogP contribution in [-0.2, 0) is 23.1 Å². The predicted octanol–water partition coefficient (Wildman–Crippen LogP) is 3.87. The Labute approximate surface area is 187 Å². The molecule has 2 aromatic carbocycles. The highest BCUT2D eigenvalue weighted by Crippen LogP contribution is 2.23. The lowest BCUT2D eigenvalue weighted by Crippen LogP contribution is -2.30. The zero-order valence-corrected chi connectivity index (χ0v) is 17.4. The van der Waals surface area contributed by atoms with Gasteiger partial charge in [0.1, 0.15) is 11.5 Å². The van der Waals surface area contributed by atoms with Gasteiger partial charge in [0.2, 0.25) is 0 Å². The van der Waals surface area contributed by atoms with Crippen molar-refractivity contribution in [2.75, 3.05) is 14.2 Å². The van der Waals surface area contributed by atoms with Gasteiger partial charge in [-0.2, -0.15) is 9.40 Å². The molecule has 0 saturated heterocycles. The Bertz CT molecular complexity index is 1240. The lowest BCUT2D eigenvalue weighted by Gasteiger charge is -2.22. The zero-order valence-electron chi connectivity index (χ0n) is 23.6. The summed E-state index contributed by atoms with van der Waals surface area (Å²) in [6, 6.07) is 11.3. The van der Waals surface area contributed by atoms with Crippen LogP contribution in [0.2, 0.25) is 0 Å². The lowest BCUT2D eigenvalue weighted by molar-refractivity contribution is 0.394. The van der Waals surface area contributed by atoms with E-state index in [2.05, 4.69) is 5.10 Å². The number of nitrogens with zero attached hydrogens (tertiary/aromatic N) is 3. The van der Waals surface area contributed by atoms with Crippen molar-refractivity contribution < 1.29 is 27.5 Å². The van der Waals surface area contributed by atoms with E-state index in [1.165, 1.54) is 14.2 Å². The molecule has 1 aromatic heterocycles. The Kier molecular flexibility index (Phi) is 4.41. The highest BCUT2D eigenvalue weighted by atomic mass is 32.2. The number of aromatic nitrogens is 2. The van der Waals surface area contributed by atoms with Crippen molar-refractivity contribution in [3.8, 4) is 11.5 Å². The van der Waals surface area contributed by atoms with E-state index in [4.69, 9.17) is 19.1 Å². The Morgan fingerprint density at radius 3 is 1.90 bits per heavy atom. The van der Waals surface area contributed by atoms with Crippen LogP contribution in [-0.4, -0.2) is 36.7 Å².